The van der Waals surface area contributed by atoms with E-state index in [1.54, 1.807) is 29.9 Å². The molecule has 0 bridgehead atoms. The minimum Gasteiger partial charge on any atom is -0.480 e. The van der Waals surface area contributed by atoms with Crippen molar-refractivity contribution in [3.8, 4) is 0 Å². The second kappa shape index (κ2) is 5.88. The maximum Gasteiger partial charge on any atom is 0.328 e. The predicted molar refractivity (Wildman–Crippen MR) is 70.0 cm³/mol. The molecule has 0 fully saturated rings. The van der Waals surface area contributed by atoms with Gasteiger partial charge in [0.15, 0.2) is 6.04 Å². The van der Waals surface area contributed by atoms with Crippen molar-refractivity contribution in [3.05, 3.63) is 24.0 Å². The molecule has 1 atom stereocenters. The van der Waals surface area contributed by atoms with Gasteiger partial charge in [-0.25, -0.2) is 4.79 Å². The third-order valence-corrected chi connectivity index (χ3v) is 2.46. The van der Waals surface area contributed by atoms with Gasteiger partial charge in [0.2, 0.25) is 0 Å². The lowest BCUT2D eigenvalue weighted by Crippen LogP contribution is -2.45. The third kappa shape index (κ3) is 4.75. The van der Waals surface area contributed by atoms with Gasteiger partial charge in [-0.3, -0.25) is 4.79 Å². The number of nitrogens with one attached hydrogen (secondary N) is 1. The molecule has 1 rings (SSSR count). The molecule has 1 aromatic rings. The highest BCUT2D eigenvalue weighted by molar-refractivity contribution is 5.95. The Kier molecular flexibility index (Phi) is 4.72. The molecule has 6 heteroatoms. The minimum absolute atomic E-state index is 0.0744. The highest BCUT2D eigenvalue weighted by Gasteiger charge is 2.24. The quantitative estimate of drug-likeness (QED) is 0.835. The van der Waals surface area contributed by atoms with Crippen molar-refractivity contribution in [1.82, 2.24) is 9.88 Å². The van der Waals surface area contributed by atoms with Gasteiger partial charge in [-0.2, -0.15) is 0 Å². The molecule has 0 radical (unpaired) electrons. The number of aryl methyl sites for hydroxylation is 1. The van der Waals surface area contributed by atoms with E-state index in [4.69, 9.17) is 9.84 Å². The van der Waals surface area contributed by atoms with E-state index in [9.17, 15) is 9.59 Å². The van der Waals surface area contributed by atoms with Crippen LogP contribution in [0.15, 0.2) is 18.3 Å². The van der Waals surface area contributed by atoms with Crippen LogP contribution < -0.4 is 5.32 Å². The third-order valence-electron chi connectivity index (χ3n) is 2.46. The van der Waals surface area contributed by atoms with E-state index in [1.807, 2.05) is 20.8 Å². The summed E-state index contributed by atoms with van der Waals surface area (Å²) >= 11 is 0. The number of amides is 1. The Hall–Kier alpha value is -1.82. The second-order valence-electron chi connectivity index (χ2n) is 5.29. The lowest BCUT2D eigenvalue weighted by Gasteiger charge is -2.23. The van der Waals surface area contributed by atoms with Crippen LogP contribution in [-0.2, 0) is 16.6 Å². The van der Waals surface area contributed by atoms with E-state index in [2.05, 4.69) is 5.32 Å². The molecule has 19 heavy (non-hydrogen) atoms. The summed E-state index contributed by atoms with van der Waals surface area (Å²) in [5.41, 5.74) is -0.0503. The van der Waals surface area contributed by atoms with E-state index < -0.39 is 23.5 Å². The van der Waals surface area contributed by atoms with Crippen LogP contribution in [0.5, 0.6) is 0 Å². The number of carbonyl (C=O) groups excluding carboxylic acids is 1. The molecule has 0 aliphatic rings. The maximum atomic E-state index is 11.9. The van der Waals surface area contributed by atoms with E-state index in [-0.39, 0.29) is 6.61 Å². The molecule has 0 aliphatic heterocycles. The van der Waals surface area contributed by atoms with Gasteiger partial charge in [0, 0.05) is 13.2 Å². The van der Waals surface area contributed by atoms with Crippen molar-refractivity contribution < 1.29 is 19.4 Å². The lowest BCUT2D eigenvalue weighted by molar-refractivity contribution is -0.142. The van der Waals surface area contributed by atoms with Crippen molar-refractivity contribution in [2.75, 3.05) is 6.61 Å². The normalized spacial score (nSPS) is 13.1. The largest absolute Gasteiger partial charge is 0.480 e. The molecule has 1 amide bonds. The Morgan fingerprint density at radius 2 is 2.11 bits per heavy atom. The Labute approximate surface area is 112 Å². The van der Waals surface area contributed by atoms with Crippen LogP contribution in [0.4, 0.5) is 0 Å². The van der Waals surface area contributed by atoms with Crippen molar-refractivity contribution in [2.45, 2.75) is 32.4 Å². The van der Waals surface area contributed by atoms with Crippen molar-refractivity contribution in [2.24, 2.45) is 7.05 Å². The topological polar surface area (TPSA) is 80.6 Å². The SMILES string of the molecule is Cn1cccc1C(=O)N[C@@H](COC(C)(C)C)C(=O)O. The molecule has 2 N–H and O–H groups in total. The van der Waals surface area contributed by atoms with Gasteiger partial charge < -0.3 is 19.7 Å². The smallest absolute Gasteiger partial charge is 0.328 e. The zero-order valence-electron chi connectivity index (χ0n) is 11.6. The summed E-state index contributed by atoms with van der Waals surface area (Å²) in [6.45, 7) is 5.40. The van der Waals surface area contributed by atoms with E-state index in [1.165, 1.54) is 0 Å². The lowest BCUT2D eigenvalue weighted by atomic mass is 10.2. The standard InChI is InChI=1S/C13H20N2O4/c1-13(2,3)19-8-9(12(17)18)14-11(16)10-6-5-7-15(10)4/h5-7,9H,8H2,1-4H3,(H,14,16)(H,17,18)/t9-/m0/s1. The molecule has 106 valence electrons. The number of hydrogen-bond donors (Lipinski definition) is 2. The average Bonchev–Trinajstić information content (AvgIpc) is 2.68. The number of carboxylic acids is 1. The van der Waals surface area contributed by atoms with Crippen LogP contribution in [-0.4, -0.2) is 39.8 Å². The summed E-state index contributed by atoms with van der Waals surface area (Å²) in [6.07, 6.45) is 1.72. The van der Waals surface area contributed by atoms with Crippen molar-refractivity contribution in [1.29, 1.82) is 0 Å². The first-order chi connectivity index (χ1) is 8.70. The fraction of sp³-hybridized carbons (Fsp3) is 0.538. The van der Waals surface area contributed by atoms with Gasteiger partial charge in [-0.15, -0.1) is 0 Å². The molecule has 0 unspecified atom stereocenters. The first kappa shape index (κ1) is 15.2. The molecule has 6 nitrogen and oxygen atoms in total. The molecule has 0 saturated heterocycles. The number of rotatable bonds is 5. The van der Waals surface area contributed by atoms with Crippen molar-refractivity contribution >= 4 is 11.9 Å². The molecule has 0 aromatic carbocycles. The zero-order valence-corrected chi connectivity index (χ0v) is 11.6. The van der Waals surface area contributed by atoms with Gasteiger partial charge in [0.1, 0.15) is 5.69 Å². The monoisotopic (exact) mass is 268 g/mol. The van der Waals surface area contributed by atoms with Crippen LogP contribution >= 0.6 is 0 Å². The Morgan fingerprint density at radius 3 is 2.53 bits per heavy atom. The molecular formula is C13H20N2O4. The number of hydrogen-bond acceptors (Lipinski definition) is 3. The van der Waals surface area contributed by atoms with Crippen LogP contribution in [0.1, 0.15) is 31.3 Å². The second-order valence-corrected chi connectivity index (χ2v) is 5.29. The summed E-state index contributed by atoms with van der Waals surface area (Å²) in [7, 11) is 1.72. The van der Waals surface area contributed by atoms with Crippen LogP contribution in [0.25, 0.3) is 0 Å². The minimum atomic E-state index is -1.12. The fourth-order valence-corrected chi connectivity index (χ4v) is 1.44. The molecule has 1 heterocycles. The number of nitrogens with zero attached hydrogens (tertiary/aromatic N) is 1. The highest BCUT2D eigenvalue weighted by Crippen LogP contribution is 2.08. The van der Waals surface area contributed by atoms with Crippen LogP contribution in [0.3, 0.4) is 0 Å². The summed E-state index contributed by atoms with van der Waals surface area (Å²) in [5.74, 6) is -1.55. The number of aliphatic carboxylic acids is 1. The summed E-state index contributed by atoms with van der Waals surface area (Å²) in [6, 6.07) is 2.27. The first-order valence-electron chi connectivity index (χ1n) is 5.99. The summed E-state index contributed by atoms with van der Waals surface area (Å²) < 4.78 is 7.02. The van der Waals surface area contributed by atoms with Gasteiger partial charge in [0.05, 0.1) is 12.2 Å². The predicted octanol–water partition coefficient (Wildman–Crippen LogP) is 1.02. The molecular weight excluding hydrogens is 248 g/mol. The number of carboxylic acid groups (broad SMARTS) is 1. The summed E-state index contributed by atoms with van der Waals surface area (Å²) in [4.78, 5) is 23.0. The van der Waals surface area contributed by atoms with Crippen molar-refractivity contribution in [3.63, 3.8) is 0 Å². The van der Waals surface area contributed by atoms with Crippen LogP contribution in [0.2, 0.25) is 0 Å². The van der Waals surface area contributed by atoms with Gasteiger partial charge in [0.25, 0.3) is 5.91 Å². The zero-order chi connectivity index (χ0) is 14.6. The van der Waals surface area contributed by atoms with Gasteiger partial charge >= 0.3 is 5.97 Å². The number of ether oxygens (including phenoxy) is 1. The summed E-state index contributed by atoms with van der Waals surface area (Å²) in [5, 5.41) is 11.5. The van der Waals surface area contributed by atoms with E-state index in [0.717, 1.165) is 0 Å². The highest BCUT2D eigenvalue weighted by atomic mass is 16.5. The maximum absolute atomic E-state index is 11.9. The van der Waals surface area contributed by atoms with Gasteiger partial charge in [-0.05, 0) is 32.9 Å². The number of carbonyl (C=O) groups is 2. The molecule has 0 aliphatic carbocycles. The van der Waals surface area contributed by atoms with Crippen LogP contribution in [0, 0.1) is 0 Å². The van der Waals surface area contributed by atoms with E-state index >= 15 is 0 Å². The Bertz CT molecular complexity index is 459. The average molecular weight is 268 g/mol. The fourth-order valence-electron chi connectivity index (χ4n) is 1.44. The molecule has 1 aromatic heterocycles. The molecule has 0 saturated carbocycles. The first-order valence-corrected chi connectivity index (χ1v) is 5.99. The van der Waals surface area contributed by atoms with E-state index in [0.29, 0.717) is 5.69 Å². The van der Waals surface area contributed by atoms with Gasteiger partial charge in [-0.1, -0.05) is 0 Å². The Balaban J connectivity index is 2.67. The number of aromatic nitrogens is 1. The molecule has 0 spiro atoms. The Morgan fingerprint density at radius 1 is 1.47 bits per heavy atom.